The molecule has 16 heavy (non-hydrogen) atoms. The summed E-state index contributed by atoms with van der Waals surface area (Å²) in [6.07, 6.45) is 7.15. The molecule has 0 spiro atoms. The van der Waals surface area contributed by atoms with Crippen LogP contribution >= 0.6 is 34.0 Å². The Morgan fingerprint density at radius 1 is 0.625 bits per heavy atom. The standard InChI is InChI=1S/2C6H7N.2BrH/c2*1-6-2-4-7-5-3-6;;/h2*2-5H,1H3;2*1H. The monoisotopic (exact) mass is 346 g/mol. The molecule has 2 nitrogen and oxygen atoms in total. The molecule has 0 radical (unpaired) electrons. The zero-order valence-electron chi connectivity index (χ0n) is 9.33. The molecule has 2 heterocycles. The third-order valence-electron chi connectivity index (χ3n) is 1.69. The van der Waals surface area contributed by atoms with Crippen LogP contribution in [0.4, 0.5) is 0 Å². The molecular formula is C12H16Br2N2. The smallest absolute Gasteiger partial charge is 0.0270 e. The Hall–Kier alpha value is -0.740. The first kappa shape index (κ1) is 17.6. The fourth-order valence-corrected chi connectivity index (χ4v) is 0.853. The van der Waals surface area contributed by atoms with Crippen LogP contribution in [0.15, 0.2) is 49.1 Å². The molecule has 0 fully saturated rings. The van der Waals surface area contributed by atoms with Crippen molar-refractivity contribution in [2.24, 2.45) is 0 Å². The third-order valence-corrected chi connectivity index (χ3v) is 1.69. The number of aryl methyl sites for hydroxylation is 2. The van der Waals surface area contributed by atoms with Gasteiger partial charge in [0.05, 0.1) is 0 Å². The van der Waals surface area contributed by atoms with Gasteiger partial charge in [-0.15, -0.1) is 34.0 Å². The predicted molar refractivity (Wildman–Crippen MR) is 78.6 cm³/mol. The Morgan fingerprint density at radius 3 is 1.00 bits per heavy atom. The second-order valence-electron chi connectivity index (χ2n) is 3.05. The molecule has 0 unspecified atom stereocenters. The van der Waals surface area contributed by atoms with Crippen molar-refractivity contribution in [2.45, 2.75) is 13.8 Å². The van der Waals surface area contributed by atoms with E-state index in [1.165, 1.54) is 11.1 Å². The van der Waals surface area contributed by atoms with Crippen molar-refractivity contribution in [3.8, 4) is 0 Å². The molecule has 2 rings (SSSR count). The number of nitrogens with zero attached hydrogens (tertiary/aromatic N) is 2. The van der Waals surface area contributed by atoms with Crippen LogP contribution < -0.4 is 0 Å². The minimum atomic E-state index is 0. The number of halogens is 2. The van der Waals surface area contributed by atoms with Gasteiger partial charge in [0, 0.05) is 24.8 Å². The minimum Gasteiger partial charge on any atom is -0.265 e. The van der Waals surface area contributed by atoms with Crippen LogP contribution in [0, 0.1) is 13.8 Å². The highest BCUT2D eigenvalue weighted by Gasteiger charge is 1.73. The molecule has 2 aromatic rings. The summed E-state index contributed by atoms with van der Waals surface area (Å²) in [5.74, 6) is 0. The maximum absolute atomic E-state index is 3.85. The summed E-state index contributed by atoms with van der Waals surface area (Å²) in [6, 6.07) is 7.89. The van der Waals surface area contributed by atoms with Gasteiger partial charge in [-0.25, -0.2) is 0 Å². The van der Waals surface area contributed by atoms with Crippen molar-refractivity contribution < 1.29 is 0 Å². The average molecular weight is 348 g/mol. The zero-order chi connectivity index (χ0) is 10.2. The van der Waals surface area contributed by atoms with Crippen molar-refractivity contribution in [3.63, 3.8) is 0 Å². The lowest BCUT2D eigenvalue weighted by atomic mass is 10.3. The molecule has 0 saturated carbocycles. The summed E-state index contributed by atoms with van der Waals surface area (Å²) in [5, 5.41) is 0. The molecule has 2 aromatic heterocycles. The van der Waals surface area contributed by atoms with Gasteiger partial charge >= 0.3 is 0 Å². The molecular weight excluding hydrogens is 332 g/mol. The van der Waals surface area contributed by atoms with Crippen LogP contribution in [0.3, 0.4) is 0 Å². The highest BCUT2D eigenvalue weighted by molar-refractivity contribution is 8.93. The SMILES string of the molecule is Br.Br.Cc1ccncc1.Cc1ccncc1. The van der Waals surface area contributed by atoms with Crippen molar-refractivity contribution in [1.29, 1.82) is 0 Å². The van der Waals surface area contributed by atoms with Gasteiger partial charge < -0.3 is 0 Å². The predicted octanol–water partition coefficient (Wildman–Crippen LogP) is 3.94. The quantitative estimate of drug-likeness (QED) is 0.721. The molecule has 0 amide bonds. The summed E-state index contributed by atoms with van der Waals surface area (Å²) in [7, 11) is 0. The lowest BCUT2D eigenvalue weighted by Crippen LogP contribution is -1.68. The number of pyridine rings is 2. The molecule has 0 aliphatic rings. The summed E-state index contributed by atoms with van der Waals surface area (Å²) in [5.41, 5.74) is 2.52. The van der Waals surface area contributed by atoms with E-state index in [0.29, 0.717) is 0 Å². The second kappa shape index (κ2) is 10.8. The van der Waals surface area contributed by atoms with Gasteiger partial charge in [0.2, 0.25) is 0 Å². The molecule has 0 bridgehead atoms. The van der Waals surface area contributed by atoms with Gasteiger partial charge in [-0.3, -0.25) is 9.97 Å². The molecule has 0 aliphatic heterocycles. The highest BCUT2D eigenvalue weighted by atomic mass is 79.9. The molecule has 0 aromatic carbocycles. The van der Waals surface area contributed by atoms with Crippen LogP contribution in [0.25, 0.3) is 0 Å². The first-order chi connectivity index (χ1) is 6.79. The lowest BCUT2D eigenvalue weighted by Gasteiger charge is -1.82. The molecule has 0 atom stereocenters. The molecule has 0 aliphatic carbocycles. The van der Waals surface area contributed by atoms with E-state index in [1.807, 2.05) is 38.1 Å². The topological polar surface area (TPSA) is 25.8 Å². The van der Waals surface area contributed by atoms with Gasteiger partial charge in [-0.2, -0.15) is 0 Å². The lowest BCUT2D eigenvalue weighted by molar-refractivity contribution is 1.29. The van der Waals surface area contributed by atoms with Gasteiger partial charge in [0.15, 0.2) is 0 Å². The first-order valence-corrected chi connectivity index (χ1v) is 4.52. The van der Waals surface area contributed by atoms with Gasteiger partial charge in [0.25, 0.3) is 0 Å². The Labute approximate surface area is 118 Å². The fraction of sp³-hybridized carbons (Fsp3) is 0.167. The van der Waals surface area contributed by atoms with Crippen LogP contribution in [-0.4, -0.2) is 9.97 Å². The van der Waals surface area contributed by atoms with Crippen LogP contribution in [-0.2, 0) is 0 Å². The first-order valence-electron chi connectivity index (χ1n) is 4.52. The van der Waals surface area contributed by atoms with E-state index in [-0.39, 0.29) is 34.0 Å². The average Bonchev–Trinajstić information content (AvgIpc) is 2.21. The van der Waals surface area contributed by atoms with Gasteiger partial charge in [-0.05, 0) is 49.2 Å². The number of aromatic nitrogens is 2. The zero-order valence-corrected chi connectivity index (χ0v) is 12.8. The Bertz CT molecular complexity index is 314. The van der Waals surface area contributed by atoms with Crippen molar-refractivity contribution in [3.05, 3.63) is 60.2 Å². The summed E-state index contributed by atoms with van der Waals surface area (Å²) >= 11 is 0. The molecule has 0 saturated heterocycles. The largest absolute Gasteiger partial charge is 0.265 e. The maximum Gasteiger partial charge on any atom is 0.0270 e. The summed E-state index contributed by atoms with van der Waals surface area (Å²) < 4.78 is 0. The van der Waals surface area contributed by atoms with Gasteiger partial charge in [0.1, 0.15) is 0 Å². The summed E-state index contributed by atoms with van der Waals surface area (Å²) in [6.45, 7) is 4.09. The van der Waals surface area contributed by atoms with E-state index < -0.39 is 0 Å². The van der Waals surface area contributed by atoms with Gasteiger partial charge in [-0.1, -0.05) is 0 Å². The fourth-order valence-electron chi connectivity index (χ4n) is 0.853. The van der Waals surface area contributed by atoms with Crippen molar-refractivity contribution in [2.75, 3.05) is 0 Å². The highest BCUT2D eigenvalue weighted by Crippen LogP contribution is 1.89. The van der Waals surface area contributed by atoms with Crippen LogP contribution in [0.5, 0.6) is 0 Å². The summed E-state index contributed by atoms with van der Waals surface area (Å²) in [4.78, 5) is 7.69. The Balaban J connectivity index is 0. The Kier molecular flexibility index (Phi) is 11.9. The number of hydrogen-bond acceptors (Lipinski definition) is 2. The van der Waals surface area contributed by atoms with Crippen LogP contribution in [0.2, 0.25) is 0 Å². The molecule has 4 heteroatoms. The second-order valence-corrected chi connectivity index (χ2v) is 3.05. The molecule has 88 valence electrons. The third kappa shape index (κ3) is 8.56. The maximum atomic E-state index is 3.85. The minimum absolute atomic E-state index is 0. The van der Waals surface area contributed by atoms with E-state index in [1.54, 1.807) is 24.8 Å². The normalized spacial score (nSPS) is 7.62. The number of rotatable bonds is 0. The molecule has 0 N–H and O–H groups in total. The number of hydrogen-bond donors (Lipinski definition) is 0. The van der Waals surface area contributed by atoms with E-state index >= 15 is 0 Å². The van der Waals surface area contributed by atoms with E-state index in [2.05, 4.69) is 9.97 Å². The van der Waals surface area contributed by atoms with E-state index in [4.69, 9.17) is 0 Å². The van der Waals surface area contributed by atoms with Crippen molar-refractivity contribution in [1.82, 2.24) is 9.97 Å². The van der Waals surface area contributed by atoms with E-state index in [9.17, 15) is 0 Å². The van der Waals surface area contributed by atoms with Crippen molar-refractivity contribution >= 4 is 34.0 Å². The van der Waals surface area contributed by atoms with E-state index in [0.717, 1.165) is 0 Å². The van der Waals surface area contributed by atoms with Crippen LogP contribution in [0.1, 0.15) is 11.1 Å². The Morgan fingerprint density at radius 2 is 0.875 bits per heavy atom.